The van der Waals surface area contributed by atoms with Crippen LogP contribution in [0.4, 0.5) is 5.69 Å². The largest absolute Gasteiger partial charge is 0.374 e. The summed E-state index contributed by atoms with van der Waals surface area (Å²) in [7, 11) is 0. The molecule has 1 rings (SSSR count). The zero-order valence-corrected chi connectivity index (χ0v) is 11.4. The van der Waals surface area contributed by atoms with E-state index in [0.29, 0.717) is 6.54 Å². The zero-order valence-electron chi connectivity index (χ0n) is 11.4. The first-order valence-electron chi connectivity index (χ1n) is 6.33. The monoisotopic (exact) mass is 246 g/mol. The molecule has 18 heavy (non-hydrogen) atoms. The van der Waals surface area contributed by atoms with Gasteiger partial charge in [-0.15, -0.1) is 6.58 Å². The summed E-state index contributed by atoms with van der Waals surface area (Å²) in [4.78, 5) is 11.7. The van der Waals surface area contributed by atoms with Crippen molar-refractivity contribution in [1.82, 2.24) is 5.32 Å². The maximum absolute atomic E-state index is 11.7. The lowest BCUT2D eigenvalue weighted by atomic mass is 10.1. The van der Waals surface area contributed by atoms with Gasteiger partial charge in [-0.05, 0) is 43.5 Å². The summed E-state index contributed by atoms with van der Waals surface area (Å²) in [5, 5.41) is 5.97. The molecule has 0 aliphatic rings. The van der Waals surface area contributed by atoms with Gasteiger partial charge in [0.15, 0.2) is 0 Å². The summed E-state index contributed by atoms with van der Waals surface area (Å²) in [6.45, 7) is 10.1. The van der Waals surface area contributed by atoms with Gasteiger partial charge in [0, 0.05) is 12.2 Å². The van der Waals surface area contributed by atoms with E-state index in [-0.39, 0.29) is 11.9 Å². The van der Waals surface area contributed by atoms with E-state index in [1.807, 2.05) is 13.0 Å². The molecule has 0 radical (unpaired) electrons. The van der Waals surface area contributed by atoms with Gasteiger partial charge in [-0.25, -0.2) is 0 Å². The molecule has 0 saturated carbocycles. The highest BCUT2D eigenvalue weighted by atomic mass is 16.2. The van der Waals surface area contributed by atoms with Gasteiger partial charge in [0.1, 0.15) is 6.04 Å². The van der Waals surface area contributed by atoms with E-state index in [2.05, 4.69) is 43.2 Å². The predicted molar refractivity (Wildman–Crippen MR) is 76.8 cm³/mol. The lowest BCUT2D eigenvalue weighted by Gasteiger charge is -2.16. The number of hydrogen-bond acceptors (Lipinski definition) is 2. The molecule has 1 amide bonds. The predicted octanol–water partition coefficient (Wildman–Crippen LogP) is 2.66. The van der Waals surface area contributed by atoms with Crippen LogP contribution in [0, 0.1) is 6.92 Å². The second kappa shape index (κ2) is 6.84. The Hall–Kier alpha value is -1.77. The lowest BCUT2D eigenvalue weighted by Crippen LogP contribution is -2.37. The minimum atomic E-state index is -0.253. The van der Waals surface area contributed by atoms with Crippen molar-refractivity contribution in [3.8, 4) is 0 Å². The molecule has 98 valence electrons. The second-order valence-electron chi connectivity index (χ2n) is 4.39. The van der Waals surface area contributed by atoms with Crippen LogP contribution >= 0.6 is 0 Å². The molecule has 1 unspecified atom stereocenters. The van der Waals surface area contributed by atoms with Gasteiger partial charge in [0.2, 0.25) is 5.91 Å². The third kappa shape index (κ3) is 3.91. The van der Waals surface area contributed by atoms with Crippen molar-refractivity contribution < 1.29 is 4.79 Å². The number of amides is 1. The molecular weight excluding hydrogens is 224 g/mol. The van der Waals surface area contributed by atoms with Crippen LogP contribution in [0.2, 0.25) is 0 Å². The number of benzene rings is 1. The Bertz CT molecular complexity index is 427. The Labute approximate surface area is 109 Å². The maximum Gasteiger partial charge on any atom is 0.242 e. The lowest BCUT2D eigenvalue weighted by molar-refractivity contribution is -0.121. The van der Waals surface area contributed by atoms with E-state index in [0.717, 1.165) is 12.1 Å². The first kappa shape index (κ1) is 14.3. The first-order chi connectivity index (χ1) is 8.58. The van der Waals surface area contributed by atoms with Gasteiger partial charge in [-0.3, -0.25) is 4.79 Å². The Morgan fingerprint density at radius 2 is 2.22 bits per heavy atom. The molecule has 1 aromatic rings. The third-order valence-corrected chi connectivity index (χ3v) is 2.92. The molecule has 0 bridgehead atoms. The average molecular weight is 246 g/mol. The molecular formula is C15H22N2O. The van der Waals surface area contributed by atoms with E-state index >= 15 is 0 Å². The van der Waals surface area contributed by atoms with Crippen molar-refractivity contribution in [1.29, 1.82) is 0 Å². The summed E-state index contributed by atoms with van der Waals surface area (Å²) in [5.41, 5.74) is 3.57. The number of nitrogens with one attached hydrogen (secondary N) is 2. The van der Waals surface area contributed by atoms with E-state index in [1.54, 1.807) is 6.08 Å². The molecule has 2 N–H and O–H groups in total. The highest BCUT2D eigenvalue weighted by molar-refractivity contribution is 5.84. The number of anilines is 1. The van der Waals surface area contributed by atoms with Gasteiger partial charge >= 0.3 is 0 Å². The SMILES string of the molecule is C=CCNC(=O)C(C)Nc1ccc(CC)c(C)c1. The molecule has 1 aromatic carbocycles. The number of hydrogen-bond donors (Lipinski definition) is 2. The van der Waals surface area contributed by atoms with Crippen LogP contribution in [0.15, 0.2) is 30.9 Å². The van der Waals surface area contributed by atoms with Crippen LogP contribution in [-0.4, -0.2) is 18.5 Å². The van der Waals surface area contributed by atoms with Crippen molar-refractivity contribution >= 4 is 11.6 Å². The van der Waals surface area contributed by atoms with E-state index in [9.17, 15) is 4.79 Å². The van der Waals surface area contributed by atoms with Crippen molar-refractivity contribution in [3.05, 3.63) is 42.0 Å². The van der Waals surface area contributed by atoms with Crippen molar-refractivity contribution in [2.24, 2.45) is 0 Å². The highest BCUT2D eigenvalue weighted by Crippen LogP contribution is 2.16. The summed E-state index contributed by atoms with van der Waals surface area (Å²) in [6, 6.07) is 5.95. The average Bonchev–Trinajstić information content (AvgIpc) is 2.36. The first-order valence-corrected chi connectivity index (χ1v) is 6.33. The van der Waals surface area contributed by atoms with E-state index in [1.165, 1.54) is 11.1 Å². The summed E-state index contributed by atoms with van der Waals surface area (Å²) < 4.78 is 0. The summed E-state index contributed by atoms with van der Waals surface area (Å²) >= 11 is 0. The molecule has 3 nitrogen and oxygen atoms in total. The molecule has 0 fully saturated rings. The molecule has 0 spiro atoms. The number of carbonyl (C=O) groups is 1. The quantitative estimate of drug-likeness (QED) is 0.758. The molecule has 1 atom stereocenters. The number of carbonyl (C=O) groups excluding carboxylic acids is 1. The van der Waals surface area contributed by atoms with E-state index < -0.39 is 0 Å². The fourth-order valence-corrected chi connectivity index (χ4v) is 1.82. The highest BCUT2D eigenvalue weighted by Gasteiger charge is 2.11. The fraction of sp³-hybridized carbons (Fsp3) is 0.400. The second-order valence-corrected chi connectivity index (χ2v) is 4.39. The minimum Gasteiger partial charge on any atom is -0.374 e. The van der Waals surface area contributed by atoms with Crippen molar-refractivity contribution in [2.45, 2.75) is 33.2 Å². The van der Waals surface area contributed by atoms with Crippen molar-refractivity contribution in [3.63, 3.8) is 0 Å². The number of rotatable bonds is 6. The summed E-state index contributed by atoms with van der Waals surface area (Å²) in [6.07, 6.45) is 2.70. The van der Waals surface area contributed by atoms with Crippen LogP contribution in [-0.2, 0) is 11.2 Å². The van der Waals surface area contributed by atoms with Crippen LogP contribution < -0.4 is 10.6 Å². The summed E-state index contributed by atoms with van der Waals surface area (Å²) in [5.74, 6) is -0.0212. The minimum absolute atomic E-state index is 0.0212. The van der Waals surface area contributed by atoms with Crippen LogP contribution in [0.5, 0.6) is 0 Å². The van der Waals surface area contributed by atoms with Crippen LogP contribution in [0.1, 0.15) is 25.0 Å². The molecule has 0 saturated heterocycles. The van der Waals surface area contributed by atoms with Gasteiger partial charge in [-0.2, -0.15) is 0 Å². The normalized spacial score (nSPS) is 11.7. The fourth-order valence-electron chi connectivity index (χ4n) is 1.82. The van der Waals surface area contributed by atoms with E-state index in [4.69, 9.17) is 0 Å². The van der Waals surface area contributed by atoms with Gasteiger partial charge in [0.05, 0.1) is 0 Å². The van der Waals surface area contributed by atoms with Gasteiger partial charge in [0.25, 0.3) is 0 Å². The topological polar surface area (TPSA) is 41.1 Å². The third-order valence-electron chi connectivity index (χ3n) is 2.92. The number of aryl methyl sites for hydroxylation is 2. The standard InChI is InChI=1S/C15H22N2O/c1-5-9-16-15(18)12(4)17-14-8-7-13(6-2)11(3)10-14/h5,7-8,10,12,17H,1,6,9H2,2-4H3,(H,16,18). The Balaban J connectivity index is 2.64. The Morgan fingerprint density at radius 3 is 2.78 bits per heavy atom. The van der Waals surface area contributed by atoms with Crippen LogP contribution in [0.25, 0.3) is 0 Å². The van der Waals surface area contributed by atoms with Crippen molar-refractivity contribution in [2.75, 3.05) is 11.9 Å². The van der Waals surface area contributed by atoms with Gasteiger partial charge < -0.3 is 10.6 Å². The smallest absolute Gasteiger partial charge is 0.242 e. The Morgan fingerprint density at radius 1 is 1.50 bits per heavy atom. The van der Waals surface area contributed by atoms with Crippen LogP contribution in [0.3, 0.4) is 0 Å². The molecule has 3 heteroatoms. The molecule has 0 heterocycles. The van der Waals surface area contributed by atoms with Gasteiger partial charge in [-0.1, -0.05) is 19.1 Å². The molecule has 0 aliphatic heterocycles. The maximum atomic E-state index is 11.7. The molecule has 0 aliphatic carbocycles. The molecule has 0 aromatic heterocycles. The Kier molecular flexibility index (Phi) is 5.43. The zero-order chi connectivity index (χ0) is 13.5.